The molecule has 0 aromatic heterocycles. The van der Waals surface area contributed by atoms with Crippen LogP contribution in [0, 0.1) is 11.3 Å². The maximum atomic E-state index is 12.0. The average molecular weight is 248 g/mol. The number of ether oxygens (including phenoxy) is 1. The Hall–Kier alpha value is -0.280. The van der Waals surface area contributed by atoms with Crippen LogP contribution in [-0.4, -0.2) is 31.5 Å². The maximum absolute atomic E-state index is 12.0. The minimum Gasteiger partial charge on any atom is -0.383 e. The third kappa shape index (κ3) is 3.63. The van der Waals surface area contributed by atoms with Crippen molar-refractivity contribution in [3.05, 3.63) is 0 Å². The van der Waals surface area contributed by atoms with E-state index in [1.807, 2.05) is 0 Å². The minimum absolute atomic E-state index is 0.132. The monoisotopic (exact) mass is 247 g/mol. The van der Waals surface area contributed by atoms with Gasteiger partial charge in [-0.05, 0) is 18.3 Å². The lowest BCUT2D eigenvalue weighted by molar-refractivity contribution is -0.127. The van der Waals surface area contributed by atoms with Crippen LogP contribution in [0.4, 0.5) is 0 Å². The lowest BCUT2D eigenvalue weighted by atomic mass is 9.81. The van der Waals surface area contributed by atoms with Gasteiger partial charge in [-0.2, -0.15) is 0 Å². The molecule has 1 aliphatic carbocycles. The fourth-order valence-electron chi connectivity index (χ4n) is 2.39. The average Bonchev–Trinajstić information content (AvgIpc) is 2.55. The molecule has 0 aliphatic heterocycles. The molecule has 0 aromatic carbocycles. The minimum atomic E-state index is -0.140. The Morgan fingerprint density at radius 1 is 1.62 bits per heavy atom. The highest BCUT2D eigenvalue weighted by Gasteiger charge is 2.39. The van der Waals surface area contributed by atoms with Crippen molar-refractivity contribution in [3.63, 3.8) is 0 Å². The van der Waals surface area contributed by atoms with Crippen molar-refractivity contribution < 1.29 is 9.53 Å². The smallest absolute Gasteiger partial charge is 0.223 e. The second-order valence-corrected chi connectivity index (χ2v) is 5.85. The van der Waals surface area contributed by atoms with Gasteiger partial charge in [0.05, 0.1) is 12.0 Å². The van der Waals surface area contributed by atoms with Gasteiger partial charge < -0.3 is 10.1 Å². The van der Waals surface area contributed by atoms with Crippen LogP contribution in [0.25, 0.3) is 0 Å². The van der Waals surface area contributed by atoms with Gasteiger partial charge in [0.2, 0.25) is 5.91 Å². The molecule has 1 aliphatic rings. The molecule has 4 heteroatoms. The predicted molar refractivity (Wildman–Crippen MR) is 65.6 cm³/mol. The van der Waals surface area contributed by atoms with Crippen LogP contribution in [0.15, 0.2) is 0 Å². The predicted octanol–water partition coefficient (Wildman–Crippen LogP) is 2.18. The molecule has 0 saturated heterocycles. The first-order chi connectivity index (χ1) is 7.47. The number of rotatable bonds is 5. The van der Waals surface area contributed by atoms with Crippen molar-refractivity contribution in [2.45, 2.75) is 38.5 Å². The molecule has 1 saturated carbocycles. The lowest BCUT2D eigenvalue weighted by Gasteiger charge is -2.26. The Kier molecular flexibility index (Phi) is 5.06. The molecule has 1 N–H and O–H groups in total. The highest BCUT2D eigenvalue weighted by Crippen LogP contribution is 2.42. The summed E-state index contributed by atoms with van der Waals surface area (Å²) in [6, 6.07) is 0. The lowest BCUT2D eigenvalue weighted by Crippen LogP contribution is -2.39. The van der Waals surface area contributed by atoms with Crippen LogP contribution in [0.5, 0.6) is 0 Å². The normalized spacial score (nSPS) is 25.4. The Morgan fingerprint density at radius 3 is 2.81 bits per heavy atom. The van der Waals surface area contributed by atoms with Crippen LogP contribution in [0.3, 0.4) is 0 Å². The molecule has 0 heterocycles. The number of amides is 1. The van der Waals surface area contributed by atoms with E-state index in [0.717, 1.165) is 19.3 Å². The van der Waals surface area contributed by atoms with E-state index in [0.29, 0.717) is 13.2 Å². The molecule has 0 radical (unpaired) electrons. The Labute approximate surface area is 103 Å². The summed E-state index contributed by atoms with van der Waals surface area (Å²) in [4.78, 5) is 12.0. The molecule has 0 bridgehead atoms. The van der Waals surface area contributed by atoms with Gasteiger partial charge >= 0.3 is 0 Å². The number of hydrogen-bond acceptors (Lipinski definition) is 2. The van der Waals surface area contributed by atoms with Gasteiger partial charge in [-0.25, -0.2) is 0 Å². The van der Waals surface area contributed by atoms with Gasteiger partial charge in [-0.15, -0.1) is 11.6 Å². The van der Waals surface area contributed by atoms with E-state index >= 15 is 0 Å². The molecule has 2 unspecified atom stereocenters. The number of alkyl halides is 1. The quantitative estimate of drug-likeness (QED) is 0.757. The second-order valence-electron chi connectivity index (χ2n) is 5.23. The van der Waals surface area contributed by atoms with Crippen LogP contribution in [0.1, 0.15) is 33.1 Å². The zero-order valence-corrected chi connectivity index (χ0v) is 11.1. The van der Waals surface area contributed by atoms with Crippen molar-refractivity contribution in [2.75, 3.05) is 20.3 Å². The number of hydrogen-bond donors (Lipinski definition) is 1. The van der Waals surface area contributed by atoms with Crippen LogP contribution in [-0.2, 0) is 9.53 Å². The van der Waals surface area contributed by atoms with Crippen LogP contribution >= 0.6 is 11.6 Å². The van der Waals surface area contributed by atoms with E-state index in [-0.39, 0.29) is 22.6 Å². The summed E-state index contributed by atoms with van der Waals surface area (Å²) in [5, 5.41) is 2.77. The SMILES string of the molecule is COCC(Cl)CNC(=O)C1CCCC1(C)C. The zero-order valence-electron chi connectivity index (χ0n) is 10.4. The Balaban J connectivity index is 2.35. The largest absolute Gasteiger partial charge is 0.383 e. The van der Waals surface area contributed by atoms with E-state index in [1.165, 1.54) is 0 Å². The summed E-state index contributed by atoms with van der Waals surface area (Å²) in [5.41, 5.74) is 0.132. The summed E-state index contributed by atoms with van der Waals surface area (Å²) in [7, 11) is 1.61. The molecule has 3 nitrogen and oxygen atoms in total. The first kappa shape index (κ1) is 13.8. The third-order valence-electron chi connectivity index (χ3n) is 3.42. The highest BCUT2D eigenvalue weighted by atomic mass is 35.5. The number of halogens is 1. The van der Waals surface area contributed by atoms with Crippen molar-refractivity contribution in [1.29, 1.82) is 0 Å². The van der Waals surface area contributed by atoms with Crippen molar-refractivity contribution >= 4 is 17.5 Å². The molecule has 0 spiro atoms. The van der Waals surface area contributed by atoms with Crippen LogP contribution < -0.4 is 5.32 Å². The van der Waals surface area contributed by atoms with E-state index < -0.39 is 0 Å². The standard InChI is InChI=1S/C12H22ClNO2/c1-12(2)6-4-5-10(12)11(15)14-7-9(13)8-16-3/h9-10H,4-8H2,1-3H3,(H,14,15). The van der Waals surface area contributed by atoms with E-state index in [4.69, 9.17) is 16.3 Å². The van der Waals surface area contributed by atoms with Gasteiger partial charge in [0, 0.05) is 19.6 Å². The maximum Gasteiger partial charge on any atom is 0.223 e. The van der Waals surface area contributed by atoms with Crippen molar-refractivity contribution in [2.24, 2.45) is 11.3 Å². The van der Waals surface area contributed by atoms with Gasteiger partial charge in [0.15, 0.2) is 0 Å². The van der Waals surface area contributed by atoms with Gasteiger partial charge in [-0.3, -0.25) is 4.79 Å². The fraction of sp³-hybridized carbons (Fsp3) is 0.917. The molecule has 1 fully saturated rings. The fourth-order valence-corrected chi connectivity index (χ4v) is 2.59. The summed E-state index contributed by atoms with van der Waals surface area (Å²) in [5.74, 6) is 0.281. The molecular formula is C12H22ClNO2. The zero-order chi connectivity index (χ0) is 12.2. The topological polar surface area (TPSA) is 38.3 Å². The van der Waals surface area contributed by atoms with Gasteiger partial charge in [0.1, 0.15) is 0 Å². The second kappa shape index (κ2) is 5.87. The summed E-state index contributed by atoms with van der Waals surface area (Å²) < 4.78 is 4.92. The summed E-state index contributed by atoms with van der Waals surface area (Å²) in [6.45, 7) is 5.28. The third-order valence-corrected chi connectivity index (χ3v) is 3.70. The van der Waals surface area contributed by atoms with Gasteiger partial charge in [-0.1, -0.05) is 20.3 Å². The first-order valence-corrected chi connectivity index (χ1v) is 6.31. The molecule has 1 rings (SSSR count). The van der Waals surface area contributed by atoms with Crippen LogP contribution in [0.2, 0.25) is 0 Å². The highest BCUT2D eigenvalue weighted by molar-refractivity contribution is 6.21. The molecule has 0 aromatic rings. The Morgan fingerprint density at radius 2 is 2.31 bits per heavy atom. The van der Waals surface area contributed by atoms with E-state index in [1.54, 1.807) is 7.11 Å². The Bertz CT molecular complexity index is 243. The number of nitrogens with one attached hydrogen (secondary N) is 1. The number of carbonyl (C=O) groups is 1. The number of methoxy groups -OCH3 is 1. The molecule has 2 atom stereocenters. The van der Waals surface area contributed by atoms with Crippen molar-refractivity contribution in [1.82, 2.24) is 5.32 Å². The summed E-state index contributed by atoms with van der Waals surface area (Å²) >= 11 is 5.96. The summed E-state index contributed by atoms with van der Waals surface area (Å²) in [6.07, 6.45) is 3.27. The van der Waals surface area contributed by atoms with E-state index in [2.05, 4.69) is 19.2 Å². The first-order valence-electron chi connectivity index (χ1n) is 5.88. The molecule has 94 valence electrons. The number of carbonyl (C=O) groups excluding carboxylic acids is 1. The van der Waals surface area contributed by atoms with Crippen molar-refractivity contribution in [3.8, 4) is 0 Å². The molecule has 16 heavy (non-hydrogen) atoms. The molecule has 1 amide bonds. The van der Waals surface area contributed by atoms with Gasteiger partial charge in [0.25, 0.3) is 0 Å². The van der Waals surface area contributed by atoms with E-state index in [9.17, 15) is 4.79 Å². The molecular weight excluding hydrogens is 226 g/mol.